The molecule has 1 aromatic carbocycles. The Morgan fingerprint density at radius 1 is 1.16 bits per heavy atom. The Labute approximate surface area is 165 Å². The molecule has 0 spiro atoms. The Balaban J connectivity index is 2.26. The van der Waals surface area contributed by atoms with Crippen molar-refractivity contribution in [3.63, 3.8) is 0 Å². The van der Waals surface area contributed by atoms with E-state index in [-0.39, 0.29) is 17.7 Å². The molecule has 0 aliphatic heterocycles. The van der Waals surface area contributed by atoms with E-state index in [4.69, 9.17) is 25.1 Å². The van der Waals surface area contributed by atoms with Gasteiger partial charge in [-0.25, -0.2) is 4.98 Å². The molecule has 136 valence electrons. The van der Waals surface area contributed by atoms with E-state index in [0.29, 0.717) is 24.7 Å². The first-order valence-electron chi connectivity index (χ1n) is 7.60. The summed E-state index contributed by atoms with van der Waals surface area (Å²) in [4.78, 5) is 7.85. The first-order valence-corrected chi connectivity index (χ1v) is 9.83. The molecular weight excluding hydrogens is 455 g/mol. The minimum atomic E-state index is 0.111. The summed E-state index contributed by atoms with van der Waals surface area (Å²) in [6.07, 6.45) is 3.35. The van der Waals surface area contributed by atoms with Crippen molar-refractivity contribution in [3.8, 4) is 17.2 Å². The average molecular weight is 476 g/mol. The van der Waals surface area contributed by atoms with Gasteiger partial charge in [0.15, 0.2) is 11.6 Å². The smallest absolute Gasteiger partial charge is 0.222 e. The lowest BCUT2D eigenvalue weighted by Gasteiger charge is -2.17. The van der Waals surface area contributed by atoms with Gasteiger partial charge in [0.25, 0.3) is 0 Å². The van der Waals surface area contributed by atoms with Crippen LogP contribution in [0.4, 0.5) is 11.8 Å². The van der Waals surface area contributed by atoms with Crippen LogP contribution in [0.2, 0.25) is 0 Å². The maximum atomic E-state index is 5.94. The van der Waals surface area contributed by atoms with Crippen LogP contribution in [0.1, 0.15) is 25.3 Å². The highest BCUT2D eigenvalue weighted by molar-refractivity contribution is 14.1. The number of halogens is 1. The van der Waals surface area contributed by atoms with Gasteiger partial charge in [0, 0.05) is 11.8 Å². The van der Waals surface area contributed by atoms with Crippen molar-refractivity contribution in [2.24, 2.45) is 0 Å². The summed E-state index contributed by atoms with van der Waals surface area (Å²) >= 11 is 3.53. The van der Waals surface area contributed by atoms with Crippen molar-refractivity contribution in [3.05, 3.63) is 27.5 Å². The molecule has 1 aromatic heterocycles. The molecule has 9 heteroatoms. The number of hydrogen-bond acceptors (Lipinski definition) is 8. The summed E-state index contributed by atoms with van der Waals surface area (Å²) < 4.78 is 17.9. The van der Waals surface area contributed by atoms with Crippen LogP contribution in [-0.2, 0) is 4.18 Å². The minimum absolute atomic E-state index is 0.111. The van der Waals surface area contributed by atoms with Gasteiger partial charge in [-0.15, -0.1) is 0 Å². The molecule has 7 nitrogen and oxygen atoms in total. The molecular formula is C16H21IN4O3S. The van der Waals surface area contributed by atoms with E-state index in [0.717, 1.165) is 14.9 Å². The summed E-state index contributed by atoms with van der Waals surface area (Å²) in [6.45, 7) is 5.16. The Morgan fingerprint density at radius 3 is 2.56 bits per heavy atom. The van der Waals surface area contributed by atoms with Crippen LogP contribution in [0.5, 0.6) is 17.2 Å². The number of nitrogens with zero attached hydrogens (tertiary/aromatic N) is 2. The van der Waals surface area contributed by atoms with E-state index in [1.165, 1.54) is 18.2 Å². The maximum Gasteiger partial charge on any atom is 0.222 e. The van der Waals surface area contributed by atoms with Gasteiger partial charge < -0.3 is 25.1 Å². The second kappa shape index (κ2) is 9.30. The van der Waals surface area contributed by atoms with Gasteiger partial charge in [0.2, 0.25) is 5.95 Å². The van der Waals surface area contributed by atoms with Crippen LogP contribution < -0.4 is 20.9 Å². The highest BCUT2D eigenvalue weighted by Crippen LogP contribution is 2.37. The normalized spacial score (nSPS) is 10.9. The third kappa shape index (κ3) is 5.51. The predicted molar refractivity (Wildman–Crippen MR) is 109 cm³/mol. The zero-order chi connectivity index (χ0) is 18.4. The fraction of sp³-hybridized carbons (Fsp3) is 0.375. The first-order chi connectivity index (χ1) is 11.9. The Kier molecular flexibility index (Phi) is 7.38. The topological polar surface area (TPSA) is 106 Å². The molecule has 0 aliphatic carbocycles. The molecule has 0 fully saturated rings. The molecule has 0 amide bonds. The number of nitrogen functional groups attached to an aromatic ring is 2. The third-order valence-electron chi connectivity index (χ3n) is 3.25. The van der Waals surface area contributed by atoms with E-state index in [1.54, 1.807) is 0 Å². The lowest BCUT2D eigenvalue weighted by molar-refractivity contribution is 0.238. The van der Waals surface area contributed by atoms with Crippen molar-refractivity contribution < 1.29 is 13.7 Å². The molecule has 0 saturated carbocycles. The molecule has 2 rings (SSSR count). The standard InChI is InChI=1S/C16H21IN4O3S/c1-9(2)10-6-13(22-4-5-23-25-3)11(17)7-12(10)24-14-8-20-16(19)21-15(14)18/h6-9H,4-5H2,1-3H3,(H4,18,19,20,21). The van der Waals surface area contributed by atoms with Crippen molar-refractivity contribution >= 4 is 46.4 Å². The SMILES string of the molecule is CSOCCOc1cc(C(C)C)c(Oc2cnc(N)nc2N)cc1I. The fourth-order valence-corrected chi connectivity index (χ4v) is 2.89. The zero-order valence-corrected chi connectivity index (χ0v) is 17.3. The number of anilines is 2. The summed E-state index contributed by atoms with van der Waals surface area (Å²) in [6, 6.07) is 3.89. The number of nitrogens with two attached hydrogens (primary N) is 2. The zero-order valence-electron chi connectivity index (χ0n) is 14.3. The van der Waals surface area contributed by atoms with Crippen LogP contribution in [0.25, 0.3) is 0 Å². The van der Waals surface area contributed by atoms with Crippen molar-refractivity contribution in [1.82, 2.24) is 9.97 Å². The molecule has 1 heterocycles. The molecule has 0 bridgehead atoms. The first kappa shape index (κ1) is 19.9. The van der Waals surface area contributed by atoms with Gasteiger partial charge in [-0.2, -0.15) is 4.98 Å². The summed E-state index contributed by atoms with van der Waals surface area (Å²) in [5, 5.41) is 0. The lowest BCUT2D eigenvalue weighted by Crippen LogP contribution is -2.06. The Morgan fingerprint density at radius 2 is 1.92 bits per heavy atom. The number of benzene rings is 1. The van der Waals surface area contributed by atoms with Crippen LogP contribution in [0.3, 0.4) is 0 Å². The van der Waals surface area contributed by atoms with Gasteiger partial charge in [-0.1, -0.05) is 13.8 Å². The quantitative estimate of drug-likeness (QED) is 0.337. The van der Waals surface area contributed by atoms with Crippen molar-refractivity contribution in [1.29, 1.82) is 0 Å². The van der Waals surface area contributed by atoms with Gasteiger partial charge in [0.1, 0.15) is 18.1 Å². The number of rotatable bonds is 8. The van der Waals surface area contributed by atoms with Crippen molar-refractivity contribution in [2.45, 2.75) is 19.8 Å². The predicted octanol–water partition coefficient (Wildman–Crippen LogP) is 3.83. The number of hydrogen-bond donors (Lipinski definition) is 2. The molecule has 2 aromatic rings. The lowest BCUT2D eigenvalue weighted by atomic mass is 10.0. The number of ether oxygens (including phenoxy) is 2. The van der Waals surface area contributed by atoms with Crippen LogP contribution >= 0.6 is 34.6 Å². The van der Waals surface area contributed by atoms with E-state index < -0.39 is 0 Å². The summed E-state index contributed by atoms with van der Waals surface area (Å²) in [5.41, 5.74) is 12.4. The number of aromatic nitrogens is 2. The van der Waals surface area contributed by atoms with Gasteiger partial charge in [-0.05, 0) is 52.7 Å². The monoisotopic (exact) mass is 476 g/mol. The van der Waals surface area contributed by atoms with Crippen LogP contribution in [0.15, 0.2) is 18.3 Å². The Bertz CT molecular complexity index is 731. The molecule has 0 saturated heterocycles. The van der Waals surface area contributed by atoms with Crippen LogP contribution in [0, 0.1) is 3.57 Å². The van der Waals surface area contributed by atoms with Crippen LogP contribution in [-0.4, -0.2) is 29.4 Å². The van der Waals surface area contributed by atoms with E-state index in [2.05, 4.69) is 46.4 Å². The van der Waals surface area contributed by atoms with E-state index in [1.807, 2.05) is 18.4 Å². The molecule has 0 radical (unpaired) electrons. The summed E-state index contributed by atoms with van der Waals surface area (Å²) in [7, 11) is 0. The van der Waals surface area contributed by atoms with Gasteiger partial charge in [0.05, 0.1) is 16.4 Å². The van der Waals surface area contributed by atoms with E-state index >= 15 is 0 Å². The fourth-order valence-electron chi connectivity index (χ4n) is 2.07. The van der Waals surface area contributed by atoms with E-state index in [9.17, 15) is 0 Å². The molecule has 25 heavy (non-hydrogen) atoms. The van der Waals surface area contributed by atoms with Crippen molar-refractivity contribution in [2.75, 3.05) is 30.9 Å². The highest BCUT2D eigenvalue weighted by Gasteiger charge is 2.16. The maximum absolute atomic E-state index is 5.94. The second-order valence-corrected chi connectivity index (χ2v) is 7.12. The Hall–Kier alpha value is -1.46. The largest absolute Gasteiger partial charge is 0.490 e. The third-order valence-corrected chi connectivity index (χ3v) is 4.50. The highest BCUT2D eigenvalue weighted by atomic mass is 127. The second-order valence-electron chi connectivity index (χ2n) is 5.39. The average Bonchev–Trinajstić information content (AvgIpc) is 2.55. The molecule has 0 aliphatic rings. The molecule has 0 atom stereocenters. The molecule has 0 unspecified atom stereocenters. The van der Waals surface area contributed by atoms with Gasteiger partial charge in [-0.3, -0.25) is 0 Å². The minimum Gasteiger partial charge on any atom is -0.490 e. The summed E-state index contributed by atoms with van der Waals surface area (Å²) in [5.74, 6) is 2.39. The molecule has 4 N–H and O–H groups in total. The van der Waals surface area contributed by atoms with Gasteiger partial charge >= 0.3 is 0 Å².